The van der Waals surface area contributed by atoms with E-state index in [9.17, 15) is 4.39 Å². The summed E-state index contributed by atoms with van der Waals surface area (Å²) in [4.78, 5) is 2.41. The molecule has 1 aromatic carbocycles. The molecule has 2 atom stereocenters. The first-order chi connectivity index (χ1) is 9.65. The highest BCUT2D eigenvalue weighted by molar-refractivity contribution is 6.31. The molecule has 2 nitrogen and oxygen atoms in total. The smallest absolute Gasteiger partial charge is 0.124 e. The Balaban J connectivity index is 2.15. The van der Waals surface area contributed by atoms with E-state index in [0.29, 0.717) is 11.6 Å². The lowest BCUT2D eigenvalue weighted by atomic mass is 9.98. The van der Waals surface area contributed by atoms with E-state index >= 15 is 0 Å². The number of nitrogens with zero attached hydrogens (tertiary/aromatic N) is 1. The molecule has 1 saturated heterocycles. The number of benzene rings is 1. The van der Waals surface area contributed by atoms with Crippen LogP contribution >= 0.6 is 11.6 Å². The zero-order valence-corrected chi connectivity index (χ0v) is 12.9. The minimum absolute atomic E-state index is 0.0960. The number of nitrogens with two attached hydrogens (primary N) is 1. The van der Waals surface area contributed by atoms with Gasteiger partial charge in [-0.3, -0.25) is 4.90 Å². The summed E-state index contributed by atoms with van der Waals surface area (Å²) in [6.45, 7) is 4.87. The van der Waals surface area contributed by atoms with Gasteiger partial charge < -0.3 is 5.73 Å². The van der Waals surface area contributed by atoms with Crippen LogP contribution in [0.25, 0.3) is 0 Å². The molecular formula is C16H24ClFN2. The SMILES string of the molecule is CCC1CCCN(C(CN)c2ccc(F)cc2Cl)CC1. The van der Waals surface area contributed by atoms with E-state index in [1.165, 1.54) is 37.8 Å². The molecule has 1 aliphatic rings. The molecule has 0 saturated carbocycles. The molecule has 1 aromatic rings. The van der Waals surface area contributed by atoms with E-state index in [0.717, 1.165) is 24.6 Å². The highest BCUT2D eigenvalue weighted by atomic mass is 35.5. The summed E-state index contributed by atoms with van der Waals surface area (Å²) in [5, 5.41) is 0.483. The number of rotatable bonds is 4. The van der Waals surface area contributed by atoms with Crippen molar-refractivity contribution in [3.63, 3.8) is 0 Å². The summed E-state index contributed by atoms with van der Waals surface area (Å²) in [6.07, 6.45) is 4.96. The van der Waals surface area contributed by atoms with Gasteiger partial charge in [0.1, 0.15) is 5.82 Å². The van der Waals surface area contributed by atoms with E-state index < -0.39 is 0 Å². The molecule has 0 aliphatic carbocycles. The maximum absolute atomic E-state index is 13.2. The molecule has 20 heavy (non-hydrogen) atoms. The fourth-order valence-corrected chi connectivity index (χ4v) is 3.45. The van der Waals surface area contributed by atoms with Gasteiger partial charge in [0.2, 0.25) is 0 Å². The molecule has 2 N–H and O–H groups in total. The number of likely N-dealkylation sites (tertiary alicyclic amines) is 1. The van der Waals surface area contributed by atoms with Gasteiger partial charge in [0.15, 0.2) is 0 Å². The van der Waals surface area contributed by atoms with E-state index in [2.05, 4.69) is 11.8 Å². The lowest BCUT2D eigenvalue weighted by Gasteiger charge is -2.30. The Morgan fingerprint density at radius 2 is 2.20 bits per heavy atom. The highest BCUT2D eigenvalue weighted by Crippen LogP contribution is 2.31. The second-order valence-corrected chi connectivity index (χ2v) is 6.07. The molecule has 1 heterocycles. The van der Waals surface area contributed by atoms with Gasteiger partial charge in [-0.05, 0) is 56.0 Å². The minimum atomic E-state index is -0.295. The fourth-order valence-electron chi connectivity index (χ4n) is 3.15. The van der Waals surface area contributed by atoms with Crippen LogP contribution in [0, 0.1) is 11.7 Å². The lowest BCUT2D eigenvalue weighted by Crippen LogP contribution is -2.34. The standard InChI is InChI=1S/C16H24ClFN2/c1-2-12-4-3-8-20(9-7-12)16(11-19)14-6-5-13(18)10-15(14)17/h5-6,10,12,16H,2-4,7-9,11,19H2,1H3. The highest BCUT2D eigenvalue weighted by Gasteiger charge is 2.24. The Morgan fingerprint density at radius 1 is 1.40 bits per heavy atom. The second-order valence-electron chi connectivity index (χ2n) is 5.66. The summed E-state index contributed by atoms with van der Waals surface area (Å²) in [6, 6.07) is 4.72. The van der Waals surface area contributed by atoms with Gasteiger partial charge >= 0.3 is 0 Å². The maximum Gasteiger partial charge on any atom is 0.124 e. The van der Waals surface area contributed by atoms with Gasteiger partial charge in [-0.2, -0.15) is 0 Å². The Kier molecular flexibility index (Phi) is 5.82. The molecule has 2 rings (SSSR count). The van der Waals surface area contributed by atoms with Crippen molar-refractivity contribution in [2.24, 2.45) is 11.7 Å². The van der Waals surface area contributed by atoms with Crippen LogP contribution in [0.1, 0.15) is 44.2 Å². The molecule has 0 radical (unpaired) electrons. The summed E-state index contributed by atoms with van der Waals surface area (Å²) < 4.78 is 13.2. The van der Waals surface area contributed by atoms with Crippen LogP contribution in [0.3, 0.4) is 0 Å². The van der Waals surface area contributed by atoms with Crippen molar-refractivity contribution < 1.29 is 4.39 Å². The first-order valence-corrected chi connectivity index (χ1v) is 7.92. The van der Waals surface area contributed by atoms with Crippen LogP contribution in [0.2, 0.25) is 5.02 Å². The summed E-state index contributed by atoms with van der Waals surface area (Å²) >= 11 is 6.20. The van der Waals surface area contributed by atoms with Crippen LogP contribution in [0.15, 0.2) is 18.2 Å². The largest absolute Gasteiger partial charge is 0.329 e. The van der Waals surface area contributed by atoms with Gasteiger partial charge in [-0.25, -0.2) is 4.39 Å². The van der Waals surface area contributed by atoms with Crippen molar-refractivity contribution in [3.8, 4) is 0 Å². The number of hydrogen-bond donors (Lipinski definition) is 1. The lowest BCUT2D eigenvalue weighted by molar-refractivity contribution is 0.206. The van der Waals surface area contributed by atoms with E-state index in [1.54, 1.807) is 6.07 Å². The van der Waals surface area contributed by atoms with Crippen molar-refractivity contribution in [1.82, 2.24) is 4.90 Å². The summed E-state index contributed by atoms with van der Waals surface area (Å²) in [5.74, 6) is 0.526. The molecule has 1 fully saturated rings. The minimum Gasteiger partial charge on any atom is -0.329 e. The van der Waals surface area contributed by atoms with Crippen LogP contribution in [0.5, 0.6) is 0 Å². The van der Waals surface area contributed by atoms with Crippen LogP contribution in [0.4, 0.5) is 4.39 Å². The van der Waals surface area contributed by atoms with Crippen LogP contribution in [-0.2, 0) is 0 Å². The predicted octanol–water partition coefficient (Wildman–Crippen LogP) is 3.99. The topological polar surface area (TPSA) is 29.3 Å². The predicted molar refractivity (Wildman–Crippen MR) is 82.4 cm³/mol. The van der Waals surface area contributed by atoms with Crippen molar-refractivity contribution in [3.05, 3.63) is 34.6 Å². The normalized spacial score (nSPS) is 22.5. The summed E-state index contributed by atoms with van der Waals surface area (Å²) in [7, 11) is 0. The van der Waals surface area contributed by atoms with Gasteiger partial charge in [0.25, 0.3) is 0 Å². The molecule has 2 unspecified atom stereocenters. The van der Waals surface area contributed by atoms with Crippen molar-refractivity contribution in [2.45, 2.75) is 38.6 Å². The van der Waals surface area contributed by atoms with Crippen LogP contribution < -0.4 is 5.73 Å². The second kappa shape index (κ2) is 7.39. The molecule has 112 valence electrons. The zero-order chi connectivity index (χ0) is 14.5. The summed E-state index contributed by atoms with van der Waals surface area (Å²) in [5.41, 5.74) is 6.92. The monoisotopic (exact) mass is 298 g/mol. The first-order valence-electron chi connectivity index (χ1n) is 7.54. The number of hydrogen-bond acceptors (Lipinski definition) is 2. The van der Waals surface area contributed by atoms with Gasteiger partial charge in [0, 0.05) is 17.6 Å². The van der Waals surface area contributed by atoms with Crippen molar-refractivity contribution in [1.29, 1.82) is 0 Å². The maximum atomic E-state index is 13.2. The van der Waals surface area contributed by atoms with Crippen molar-refractivity contribution in [2.75, 3.05) is 19.6 Å². The Hall–Kier alpha value is -0.640. The molecule has 4 heteroatoms. The molecule has 0 aromatic heterocycles. The third-order valence-electron chi connectivity index (χ3n) is 4.45. The average molecular weight is 299 g/mol. The first kappa shape index (κ1) is 15.7. The van der Waals surface area contributed by atoms with E-state index in [-0.39, 0.29) is 11.9 Å². The van der Waals surface area contributed by atoms with E-state index in [4.69, 9.17) is 17.3 Å². The van der Waals surface area contributed by atoms with Crippen LogP contribution in [-0.4, -0.2) is 24.5 Å². The molecular weight excluding hydrogens is 275 g/mol. The van der Waals surface area contributed by atoms with Gasteiger partial charge in [0.05, 0.1) is 0 Å². The molecule has 0 bridgehead atoms. The number of halogens is 2. The Bertz CT molecular complexity index is 438. The molecule has 0 spiro atoms. The fraction of sp³-hybridized carbons (Fsp3) is 0.625. The van der Waals surface area contributed by atoms with Crippen molar-refractivity contribution >= 4 is 11.6 Å². The van der Waals surface area contributed by atoms with E-state index in [1.807, 2.05) is 0 Å². The third kappa shape index (κ3) is 3.72. The Morgan fingerprint density at radius 3 is 2.85 bits per heavy atom. The quantitative estimate of drug-likeness (QED) is 0.910. The molecule has 0 amide bonds. The van der Waals surface area contributed by atoms with Gasteiger partial charge in [-0.1, -0.05) is 31.0 Å². The third-order valence-corrected chi connectivity index (χ3v) is 4.77. The zero-order valence-electron chi connectivity index (χ0n) is 12.1. The molecule has 1 aliphatic heterocycles. The Labute approximate surface area is 126 Å². The average Bonchev–Trinajstić information content (AvgIpc) is 2.67. The van der Waals surface area contributed by atoms with Gasteiger partial charge in [-0.15, -0.1) is 0 Å².